The molecule has 0 fully saturated rings. The summed E-state index contributed by atoms with van der Waals surface area (Å²) in [6, 6.07) is 12.4. The minimum atomic E-state index is -0.297. The van der Waals surface area contributed by atoms with Crippen LogP contribution in [-0.4, -0.2) is 31.7 Å². The Morgan fingerprint density at radius 1 is 1.17 bits per heavy atom. The highest BCUT2D eigenvalue weighted by Crippen LogP contribution is 2.26. The van der Waals surface area contributed by atoms with Crippen LogP contribution in [0.15, 0.2) is 47.4 Å². The third kappa shape index (κ3) is 4.52. The van der Waals surface area contributed by atoms with Crippen LogP contribution in [0.5, 0.6) is 11.5 Å². The molecule has 2 aromatic carbocycles. The van der Waals surface area contributed by atoms with E-state index in [0.717, 1.165) is 10.6 Å². The maximum Gasteiger partial charge on any atom is 0.262 e. The zero-order chi connectivity index (χ0) is 17.5. The molecule has 0 saturated carbocycles. The number of anilines is 1. The largest absolute Gasteiger partial charge is 0.497 e. The molecule has 0 aliphatic rings. The summed E-state index contributed by atoms with van der Waals surface area (Å²) in [4.78, 5) is 24.8. The number of hydrogen-bond donors (Lipinski definition) is 1. The molecule has 0 radical (unpaired) electrons. The summed E-state index contributed by atoms with van der Waals surface area (Å²) < 4.78 is 10.7. The Hall–Kier alpha value is -2.47. The van der Waals surface area contributed by atoms with Gasteiger partial charge in [-0.25, -0.2) is 0 Å². The van der Waals surface area contributed by atoms with Gasteiger partial charge in [-0.15, -0.1) is 11.8 Å². The molecule has 0 spiro atoms. The highest BCUT2D eigenvalue weighted by atomic mass is 32.2. The van der Waals surface area contributed by atoms with Gasteiger partial charge >= 0.3 is 0 Å². The van der Waals surface area contributed by atoms with Crippen LogP contribution < -0.4 is 14.8 Å². The van der Waals surface area contributed by atoms with Gasteiger partial charge in [-0.05, 0) is 37.4 Å². The Balaban J connectivity index is 2.07. The van der Waals surface area contributed by atoms with Gasteiger partial charge in [0.1, 0.15) is 11.5 Å². The Morgan fingerprint density at radius 2 is 1.92 bits per heavy atom. The van der Waals surface area contributed by atoms with Gasteiger partial charge in [0.25, 0.3) is 5.91 Å². The number of hydrogen-bond acceptors (Lipinski definition) is 5. The van der Waals surface area contributed by atoms with Crippen molar-refractivity contribution in [2.45, 2.75) is 11.8 Å². The van der Waals surface area contributed by atoms with Crippen LogP contribution in [0.2, 0.25) is 0 Å². The van der Waals surface area contributed by atoms with E-state index < -0.39 is 0 Å². The number of Topliss-reactive ketones (excluding diaryl/α,β-unsaturated/α-hetero) is 1. The monoisotopic (exact) mass is 345 g/mol. The van der Waals surface area contributed by atoms with E-state index >= 15 is 0 Å². The van der Waals surface area contributed by atoms with Crippen molar-refractivity contribution >= 4 is 29.1 Å². The van der Waals surface area contributed by atoms with Crippen LogP contribution in [0.4, 0.5) is 5.69 Å². The van der Waals surface area contributed by atoms with Gasteiger partial charge in [-0.1, -0.05) is 12.1 Å². The first-order valence-electron chi connectivity index (χ1n) is 7.29. The smallest absolute Gasteiger partial charge is 0.262 e. The summed E-state index contributed by atoms with van der Waals surface area (Å²) >= 11 is 1.55. The molecule has 0 aromatic heterocycles. The van der Waals surface area contributed by atoms with E-state index in [1.807, 2.05) is 30.5 Å². The van der Waals surface area contributed by atoms with Crippen LogP contribution in [0.3, 0.4) is 0 Å². The standard InChI is InChI=1S/C18H19NO4S/c1-12(20)14-9-8-13(22-2)10-16(14)23-11-18(21)19-15-6-4-5-7-17(15)24-3/h4-10H,11H2,1-3H3,(H,19,21). The SMILES string of the molecule is COc1ccc(C(C)=O)c(OCC(=O)Nc2ccccc2SC)c1. The molecule has 126 valence electrons. The van der Waals surface area contributed by atoms with E-state index in [1.165, 1.54) is 14.0 Å². The van der Waals surface area contributed by atoms with Gasteiger partial charge in [-0.2, -0.15) is 0 Å². The second kappa shape index (κ2) is 8.40. The average molecular weight is 345 g/mol. The van der Waals surface area contributed by atoms with Crippen molar-refractivity contribution in [3.8, 4) is 11.5 Å². The second-order valence-corrected chi connectivity index (χ2v) is 5.80. The molecule has 2 rings (SSSR count). The fourth-order valence-corrected chi connectivity index (χ4v) is 2.67. The zero-order valence-corrected chi connectivity index (χ0v) is 14.6. The fraction of sp³-hybridized carbons (Fsp3) is 0.222. The van der Waals surface area contributed by atoms with E-state index in [9.17, 15) is 9.59 Å². The molecule has 1 amide bonds. The molecular formula is C18H19NO4S. The molecule has 1 N–H and O–H groups in total. The van der Waals surface area contributed by atoms with Crippen LogP contribution in [-0.2, 0) is 4.79 Å². The van der Waals surface area contributed by atoms with E-state index in [2.05, 4.69) is 5.32 Å². The Morgan fingerprint density at radius 3 is 2.58 bits per heavy atom. The van der Waals surface area contributed by atoms with Crippen molar-refractivity contribution in [1.82, 2.24) is 0 Å². The molecular weight excluding hydrogens is 326 g/mol. The number of carbonyl (C=O) groups excluding carboxylic acids is 2. The number of carbonyl (C=O) groups is 2. The topological polar surface area (TPSA) is 64.6 Å². The predicted octanol–water partition coefficient (Wildman–Crippen LogP) is 3.64. The van der Waals surface area contributed by atoms with Crippen LogP contribution in [0, 0.1) is 0 Å². The first kappa shape index (κ1) is 17.9. The molecule has 0 saturated heterocycles. The van der Waals surface area contributed by atoms with Gasteiger partial charge < -0.3 is 14.8 Å². The Labute approximate surface area is 145 Å². The number of benzene rings is 2. The molecule has 2 aromatic rings. The maximum absolute atomic E-state index is 12.1. The lowest BCUT2D eigenvalue weighted by molar-refractivity contribution is -0.118. The van der Waals surface area contributed by atoms with Gasteiger partial charge in [0.2, 0.25) is 0 Å². The van der Waals surface area contributed by atoms with Crippen molar-refractivity contribution in [3.63, 3.8) is 0 Å². The first-order valence-corrected chi connectivity index (χ1v) is 8.52. The van der Waals surface area contributed by atoms with Gasteiger partial charge in [-0.3, -0.25) is 9.59 Å². The molecule has 0 aliphatic carbocycles. The van der Waals surface area contributed by atoms with E-state index in [1.54, 1.807) is 30.0 Å². The summed E-state index contributed by atoms with van der Waals surface area (Å²) in [5, 5.41) is 2.81. The lowest BCUT2D eigenvalue weighted by atomic mass is 10.1. The number of thioether (sulfide) groups is 1. The molecule has 0 aliphatic heterocycles. The normalized spacial score (nSPS) is 10.1. The van der Waals surface area contributed by atoms with Gasteiger partial charge in [0.05, 0.1) is 18.4 Å². The lowest BCUT2D eigenvalue weighted by Gasteiger charge is -2.12. The van der Waals surface area contributed by atoms with Crippen LogP contribution in [0.1, 0.15) is 17.3 Å². The van der Waals surface area contributed by atoms with E-state index in [4.69, 9.17) is 9.47 Å². The highest BCUT2D eigenvalue weighted by molar-refractivity contribution is 7.98. The number of rotatable bonds is 7. The van der Waals surface area contributed by atoms with Crippen LogP contribution >= 0.6 is 11.8 Å². The van der Waals surface area contributed by atoms with Crippen molar-refractivity contribution < 1.29 is 19.1 Å². The number of para-hydroxylation sites is 1. The number of nitrogens with one attached hydrogen (secondary N) is 1. The van der Waals surface area contributed by atoms with Crippen LogP contribution in [0.25, 0.3) is 0 Å². The van der Waals surface area contributed by atoms with E-state index in [0.29, 0.717) is 17.1 Å². The summed E-state index contributed by atoms with van der Waals surface area (Å²) in [7, 11) is 1.53. The summed E-state index contributed by atoms with van der Waals surface area (Å²) in [6.45, 7) is 1.25. The van der Waals surface area contributed by atoms with Crippen molar-refractivity contribution in [2.75, 3.05) is 25.3 Å². The van der Waals surface area contributed by atoms with E-state index in [-0.39, 0.29) is 18.3 Å². The zero-order valence-electron chi connectivity index (χ0n) is 13.8. The Kier molecular flexibility index (Phi) is 6.26. The third-order valence-electron chi connectivity index (χ3n) is 3.31. The molecule has 0 unspecified atom stereocenters. The van der Waals surface area contributed by atoms with Gasteiger partial charge in [0.15, 0.2) is 12.4 Å². The Bertz CT molecular complexity index is 746. The van der Waals surface area contributed by atoms with Crippen molar-refractivity contribution in [2.24, 2.45) is 0 Å². The molecule has 24 heavy (non-hydrogen) atoms. The maximum atomic E-state index is 12.1. The quantitative estimate of drug-likeness (QED) is 0.613. The lowest BCUT2D eigenvalue weighted by Crippen LogP contribution is -2.21. The summed E-state index contributed by atoms with van der Waals surface area (Å²) in [6.07, 6.45) is 1.94. The van der Waals surface area contributed by atoms with Crippen molar-refractivity contribution in [3.05, 3.63) is 48.0 Å². The molecule has 0 bridgehead atoms. The number of methoxy groups -OCH3 is 1. The minimum absolute atomic E-state index is 0.138. The fourth-order valence-electron chi connectivity index (χ4n) is 2.12. The summed E-state index contributed by atoms with van der Waals surface area (Å²) in [5.41, 5.74) is 1.14. The molecule has 0 heterocycles. The molecule has 5 nitrogen and oxygen atoms in total. The number of ketones is 1. The third-order valence-corrected chi connectivity index (χ3v) is 4.10. The molecule has 6 heteroatoms. The number of amides is 1. The highest BCUT2D eigenvalue weighted by Gasteiger charge is 2.12. The predicted molar refractivity (Wildman–Crippen MR) is 95.3 cm³/mol. The van der Waals surface area contributed by atoms with Crippen molar-refractivity contribution in [1.29, 1.82) is 0 Å². The second-order valence-electron chi connectivity index (χ2n) is 4.96. The van der Waals surface area contributed by atoms with Gasteiger partial charge in [0, 0.05) is 11.0 Å². The minimum Gasteiger partial charge on any atom is -0.497 e. The average Bonchev–Trinajstić information content (AvgIpc) is 2.60. The number of ether oxygens (including phenoxy) is 2. The first-order chi connectivity index (χ1) is 11.5. The molecule has 0 atom stereocenters. The summed E-state index contributed by atoms with van der Waals surface area (Å²) in [5.74, 6) is 0.452.